The van der Waals surface area contributed by atoms with Crippen LogP contribution in [0.3, 0.4) is 0 Å². The van der Waals surface area contributed by atoms with Gasteiger partial charge in [0.25, 0.3) is 0 Å². The average Bonchev–Trinajstić information content (AvgIpc) is 2.57. The molecule has 2 rings (SSSR count). The van der Waals surface area contributed by atoms with E-state index in [1.807, 2.05) is 13.8 Å². The Morgan fingerprint density at radius 1 is 1.41 bits per heavy atom. The monoisotopic (exact) mass is 252 g/mol. The van der Waals surface area contributed by atoms with Gasteiger partial charge in [0.2, 0.25) is 0 Å². The number of hydrogen-bond donors (Lipinski definition) is 2. The lowest BCUT2D eigenvalue weighted by molar-refractivity contribution is 0.647. The van der Waals surface area contributed by atoms with Gasteiger partial charge >= 0.3 is 0 Å². The normalized spacial score (nSPS) is 10.6. The van der Waals surface area contributed by atoms with Crippen molar-refractivity contribution >= 4 is 17.4 Å². The minimum absolute atomic E-state index is 0.462. The zero-order valence-corrected chi connectivity index (χ0v) is 10.4. The van der Waals surface area contributed by atoms with E-state index in [1.54, 1.807) is 16.9 Å². The molecule has 3 N–H and O–H groups in total. The maximum atomic E-state index is 5.93. The highest BCUT2D eigenvalue weighted by molar-refractivity contribution is 6.31. The lowest BCUT2D eigenvalue weighted by Crippen LogP contribution is -2.12. The van der Waals surface area contributed by atoms with Crippen LogP contribution >= 0.6 is 11.6 Å². The quantitative estimate of drug-likeness (QED) is 0.635. The Hall–Kier alpha value is -1.66. The van der Waals surface area contributed by atoms with E-state index in [0.29, 0.717) is 23.2 Å². The number of halogens is 1. The molecule has 90 valence electrons. The number of hydrazine groups is 1. The van der Waals surface area contributed by atoms with E-state index in [-0.39, 0.29) is 0 Å². The molecule has 2 aromatic rings. The maximum Gasteiger partial charge on any atom is 0.152 e. The van der Waals surface area contributed by atoms with Crippen molar-refractivity contribution in [1.82, 2.24) is 19.7 Å². The highest BCUT2D eigenvalue weighted by Crippen LogP contribution is 2.13. The van der Waals surface area contributed by atoms with Crippen molar-refractivity contribution in [1.29, 1.82) is 0 Å². The van der Waals surface area contributed by atoms with Crippen molar-refractivity contribution in [3.8, 4) is 0 Å². The third kappa shape index (κ3) is 2.72. The summed E-state index contributed by atoms with van der Waals surface area (Å²) < 4.78 is 1.70. The van der Waals surface area contributed by atoms with Gasteiger partial charge in [0.1, 0.15) is 12.4 Å². The van der Waals surface area contributed by atoms with Gasteiger partial charge < -0.3 is 5.43 Å². The van der Waals surface area contributed by atoms with Gasteiger partial charge in [0.15, 0.2) is 5.82 Å². The van der Waals surface area contributed by atoms with Crippen LogP contribution in [0.2, 0.25) is 5.02 Å². The fourth-order valence-corrected chi connectivity index (χ4v) is 1.64. The van der Waals surface area contributed by atoms with Crippen molar-refractivity contribution in [3.63, 3.8) is 0 Å². The Morgan fingerprint density at radius 3 is 2.76 bits per heavy atom. The van der Waals surface area contributed by atoms with Gasteiger partial charge in [-0.05, 0) is 13.8 Å². The van der Waals surface area contributed by atoms with Crippen molar-refractivity contribution in [2.45, 2.75) is 20.4 Å². The fourth-order valence-electron chi connectivity index (χ4n) is 1.49. The molecule has 0 saturated heterocycles. The van der Waals surface area contributed by atoms with Gasteiger partial charge in [0, 0.05) is 18.0 Å². The average molecular weight is 253 g/mol. The number of anilines is 1. The van der Waals surface area contributed by atoms with Crippen LogP contribution in [0.25, 0.3) is 0 Å². The zero-order valence-electron chi connectivity index (χ0n) is 9.61. The first kappa shape index (κ1) is 11.8. The van der Waals surface area contributed by atoms with E-state index in [9.17, 15) is 0 Å². The van der Waals surface area contributed by atoms with Crippen LogP contribution in [0.4, 0.5) is 5.82 Å². The lowest BCUT2D eigenvalue weighted by atomic mass is 10.4. The van der Waals surface area contributed by atoms with Crippen LogP contribution in [-0.2, 0) is 6.54 Å². The molecule has 0 aliphatic rings. The third-order valence-electron chi connectivity index (χ3n) is 2.24. The van der Waals surface area contributed by atoms with Gasteiger partial charge in [-0.1, -0.05) is 11.6 Å². The summed E-state index contributed by atoms with van der Waals surface area (Å²) in [5.41, 5.74) is 4.14. The van der Waals surface area contributed by atoms with E-state index in [1.165, 1.54) is 0 Å². The molecule has 0 atom stereocenters. The molecular formula is C10H13ClN6. The number of rotatable bonds is 3. The second-order valence-corrected chi connectivity index (χ2v) is 4.12. The molecule has 0 bridgehead atoms. The van der Waals surface area contributed by atoms with Gasteiger partial charge in [-0.15, -0.1) is 0 Å². The van der Waals surface area contributed by atoms with E-state index in [0.717, 1.165) is 11.4 Å². The highest BCUT2D eigenvalue weighted by atomic mass is 35.5. The summed E-state index contributed by atoms with van der Waals surface area (Å²) in [6.45, 7) is 4.19. The molecule has 0 aromatic carbocycles. The smallest absolute Gasteiger partial charge is 0.152 e. The molecule has 0 radical (unpaired) electrons. The van der Waals surface area contributed by atoms with Crippen LogP contribution in [0, 0.1) is 13.8 Å². The van der Waals surface area contributed by atoms with E-state index in [4.69, 9.17) is 17.4 Å². The van der Waals surface area contributed by atoms with Crippen molar-refractivity contribution in [2.75, 3.05) is 5.43 Å². The molecule has 0 aliphatic heterocycles. The maximum absolute atomic E-state index is 5.93. The highest BCUT2D eigenvalue weighted by Gasteiger charge is 2.06. The third-order valence-corrected chi connectivity index (χ3v) is 2.61. The Morgan fingerprint density at radius 2 is 2.18 bits per heavy atom. The number of nitrogen functional groups attached to an aromatic ring is 1. The molecule has 2 heterocycles. The number of nitrogens with one attached hydrogen (secondary N) is 1. The molecular weight excluding hydrogens is 240 g/mol. The molecule has 0 fully saturated rings. The second-order valence-electron chi connectivity index (χ2n) is 3.72. The number of nitrogens with two attached hydrogens (primary N) is 1. The summed E-state index contributed by atoms with van der Waals surface area (Å²) in [7, 11) is 0. The van der Waals surface area contributed by atoms with Crippen LogP contribution < -0.4 is 11.3 Å². The summed E-state index contributed by atoms with van der Waals surface area (Å²) >= 11 is 5.93. The van der Waals surface area contributed by atoms with E-state index < -0.39 is 0 Å². The second kappa shape index (κ2) is 4.68. The Kier molecular flexibility index (Phi) is 3.26. The molecule has 6 nitrogen and oxygen atoms in total. The van der Waals surface area contributed by atoms with Crippen molar-refractivity contribution in [2.24, 2.45) is 5.84 Å². The van der Waals surface area contributed by atoms with Gasteiger partial charge in [-0.2, -0.15) is 5.10 Å². The molecule has 7 heteroatoms. The van der Waals surface area contributed by atoms with Gasteiger partial charge in [-0.25, -0.2) is 15.8 Å². The summed E-state index contributed by atoms with van der Waals surface area (Å²) in [4.78, 5) is 8.54. The summed E-state index contributed by atoms with van der Waals surface area (Å²) in [6.07, 6.45) is 1.75. The van der Waals surface area contributed by atoms with Gasteiger partial charge in [0.05, 0.1) is 10.7 Å². The minimum atomic E-state index is 0.462. The Bertz CT molecular complexity index is 516. The SMILES string of the molecule is Cc1cc(NN)nc(Cn2cc(Cl)c(C)n2)n1. The number of hydrogen-bond acceptors (Lipinski definition) is 5. The van der Waals surface area contributed by atoms with Crippen molar-refractivity contribution < 1.29 is 0 Å². The molecule has 0 saturated carbocycles. The predicted molar refractivity (Wildman–Crippen MR) is 65.7 cm³/mol. The number of nitrogens with zero attached hydrogens (tertiary/aromatic N) is 4. The molecule has 0 spiro atoms. The standard InChI is InChI=1S/C10H13ClN6/c1-6-3-9(15-12)14-10(13-6)5-17-4-8(11)7(2)16-17/h3-4H,5,12H2,1-2H3,(H,13,14,15). The first-order valence-electron chi connectivity index (χ1n) is 5.09. The van der Waals surface area contributed by atoms with Gasteiger partial charge in [-0.3, -0.25) is 4.68 Å². The first-order valence-corrected chi connectivity index (χ1v) is 5.47. The summed E-state index contributed by atoms with van der Waals surface area (Å²) in [5, 5.41) is 4.88. The topological polar surface area (TPSA) is 81.6 Å². The zero-order chi connectivity index (χ0) is 12.4. The van der Waals surface area contributed by atoms with Crippen LogP contribution in [0.1, 0.15) is 17.2 Å². The molecule has 2 aromatic heterocycles. The summed E-state index contributed by atoms with van der Waals surface area (Å²) in [5.74, 6) is 6.55. The fraction of sp³-hybridized carbons (Fsp3) is 0.300. The molecule has 0 unspecified atom stereocenters. The summed E-state index contributed by atoms with van der Waals surface area (Å²) in [6, 6.07) is 1.77. The van der Waals surface area contributed by atoms with Crippen LogP contribution in [0.15, 0.2) is 12.3 Å². The molecule has 0 amide bonds. The van der Waals surface area contributed by atoms with Crippen LogP contribution in [-0.4, -0.2) is 19.7 Å². The number of aromatic nitrogens is 4. The lowest BCUT2D eigenvalue weighted by Gasteiger charge is -2.05. The Labute approximate surface area is 104 Å². The predicted octanol–water partition coefficient (Wildman–Crippen LogP) is 1.28. The Balaban J connectivity index is 2.26. The minimum Gasteiger partial charge on any atom is -0.308 e. The first-order chi connectivity index (χ1) is 8.08. The van der Waals surface area contributed by atoms with Crippen LogP contribution in [0.5, 0.6) is 0 Å². The number of aryl methyl sites for hydroxylation is 2. The largest absolute Gasteiger partial charge is 0.308 e. The molecule has 17 heavy (non-hydrogen) atoms. The molecule has 0 aliphatic carbocycles. The van der Waals surface area contributed by atoms with E-state index >= 15 is 0 Å². The van der Waals surface area contributed by atoms with E-state index in [2.05, 4.69) is 20.5 Å². The van der Waals surface area contributed by atoms with Crippen molar-refractivity contribution in [3.05, 3.63) is 34.5 Å².